The summed E-state index contributed by atoms with van der Waals surface area (Å²) >= 11 is 0. The summed E-state index contributed by atoms with van der Waals surface area (Å²) in [5.41, 5.74) is 3.16. The van der Waals surface area contributed by atoms with Gasteiger partial charge in [0.25, 0.3) is 0 Å². The largest absolute Gasteiger partial charge is 0.481 e. The number of aryl methyl sites for hydroxylation is 1. The molecule has 2 rings (SSSR count). The Morgan fingerprint density at radius 1 is 0.958 bits per heavy atom. The number of carboxylic acids is 1. The first-order chi connectivity index (χ1) is 11.6. The minimum Gasteiger partial charge on any atom is -0.481 e. The SMILES string of the molecule is CC(C(=O)NCCc1ccc(CCC(=O)O)cc1)c1ccccc1. The number of aliphatic carboxylic acids is 1. The van der Waals surface area contributed by atoms with Gasteiger partial charge in [0.05, 0.1) is 5.92 Å². The molecule has 0 fully saturated rings. The average molecular weight is 325 g/mol. The monoisotopic (exact) mass is 325 g/mol. The molecule has 2 N–H and O–H groups in total. The van der Waals surface area contributed by atoms with Crippen molar-refractivity contribution in [1.82, 2.24) is 5.32 Å². The first-order valence-electron chi connectivity index (χ1n) is 8.18. The van der Waals surface area contributed by atoms with Gasteiger partial charge in [0.15, 0.2) is 0 Å². The van der Waals surface area contributed by atoms with Crippen molar-refractivity contribution in [1.29, 1.82) is 0 Å². The van der Waals surface area contributed by atoms with E-state index in [1.807, 2.05) is 61.5 Å². The van der Waals surface area contributed by atoms with Crippen molar-refractivity contribution in [2.75, 3.05) is 6.54 Å². The molecule has 0 aliphatic carbocycles. The van der Waals surface area contributed by atoms with Crippen LogP contribution in [0.2, 0.25) is 0 Å². The van der Waals surface area contributed by atoms with Crippen molar-refractivity contribution < 1.29 is 14.7 Å². The Hall–Kier alpha value is -2.62. The summed E-state index contributed by atoms with van der Waals surface area (Å²) in [4.78, 5) is 22.7. The molecule has 1 unspecified atom stereocenters. The van der Waals surface area contributed by atoms with Crippen molar-refractivity contribution in [2.45, 2.75) is 32.1 Å². The zero-order chi connectivity index (χ0) is 17.4. The van der Waals surface area contributed by atoms with Gasteiger partial charge in [-0.15, -0.1) is 0 Å². The second-order valence-corrected chi connectivity index (χ2v) is 5.88. The number of carbonyl (C=O) groups is 2. The Bertz CT molecular complexity index is 665. The van der Waals surface area contributed by atoms with E-state index in [1.54, 1.807) is 0 Å². The molecule has 0 saturated heterocycles. The van der Waals surface area contributed by atoms with E-state index in [9.17, 15) is 9.59 Å². The molecule has 0 aliphatic rings. The fourth-order valence-corrected chi connectivity index (χ4v) is 2.50. The maximum absolute atomic E-state index is 12.2. The molecular weight excluding hydrogens is 302 g/mol. The van der Waals surface area contributed by atoms with Gasteiger partial charge in [-0.2, -0.15) is 0 Å². The average Bonchev–Trinajstić information content (AvgIpc) is 2.61. The third kappa shape index (κ3) is 5.54. The van der Waals surface area contributed by atoms with Gasteiger partial charge in [-0.1, -0.05) is 54.6 Å². The highest BCUT2D eigenvalue weighted by Crippen LogP contribution is 2.14. The van der Waals surface area contributed by atoms with Gasteiger partial charge >= 0.3 is 5.97 Å². The highest BCUT2D eigenvalue weighted by Gasteiger charge is 2.13. The van der Waals surface area contributed by atoms with Crippen LogP contribution >= 0.6 is 0 Å². The van der Waals surface area contributed by atoms with Crippen LogP contribution < -0.4 is 5.32 Å². The van der Waals surface area contributed by atoms with Crippen LogP contribution in [0.5, 0.6) is 0 Å². The van der Waals surface area contributed by atoms with Crippen LogP contribution in [0.3, 0.4) is 0 Å². The van der Waals surface area contributed by atoms with Crippen molar-refractivity contribution >= 4 is 11.9 Å². The van der Waals surface area contributed by atoms with Crippen molar-refractivity contribution in [3.8, 4) is 0 Å². The second-order valence-electron chi connectivity index (χ2n) is 5.88. The van der Waals surface area contributed by atoms with E-state index in [2.05, 4.69) is 5.32 Å². The van der Waals surface area contributed by atoms with Crippen LogP contribution in [-0.2, 0) is 22.4 Å². The minimum atomic E-state index is -0.783. The van der Waals surface area contributed by atoms with Gasteiger partial charge in [-0.3, -0.25) is 9.59 Å². The van der Waals surface area contributed by atoms with Gasteiger partial charge < -0.3 is 10.4 Å². The zero-order valence-corrected chi connectivity index (χ0v) is 13.9. The molecule has 2 aromatic carbocycles. The molecule has 0 aromatic heterocycles. The van der Waals surface area contributed by atoms with Gasteiger partial charge in [0.2, 0.25) is 5.91 Å². The maximum atomic E-state index is 12.2. The van der Waals surface area contributed by atoms with Crippen LogP contribution in [0.4, 0.5) is 0 Å². The predicted molar refractivity (Wildman–Crippen MR) is 94.0 cm³/mol. The van der Waals surface area contributed by atoms with Crippen molar-refractivity contribution in [3.63, 3.8) is 0 Å². The van der Waals surface area contributed by atoms with Crippen LogP contribution in [-0.4, -0.2) is 23.5 Å². The van der Waals surface area contributed by atoms with E-state index in [0.717, 1.165) is 23.1 Å². The Labute approximate surface area is 142 Å². The summed E-state index contributed by atoms with van der Waals surface area (Å²) < 4.78 is 0. The van der Waals surface area contributed by atoms with E-state index in [0.29, 0.717) is 13.0 Å². The maximum Gasteiger partial charge on any atom is 0.303 e. The molecule has 2 aromatic rings. The standard InChI is InChI=1S/C20H23NO3/c1-15(18-5-3-2-4-6-18)20(24)21-14-13-17-9-7-16(8-10-17)11-12-19(22)23/h2-10,15H,11-14H2,1H3,(H,21,24)(H,22,23). The van der Waals surface area contributed by atoms with E-state index in [1.165, 1.54) is 0 Å². The summed E-state index contributed by atoms with van der Waals surface area (Å²) in [6, 6.07) is 17.6. The Morgan fingerprint density at radius 2 is 1.54 bits per heavy atom. The van der Waals surface area contributed by atoms with Crippen LogP contribution in [0.1, 0.15) is 36.0 Å². The van der Waals surface area contributed by atoms with E-state index in [4.69, 9.17) is 5.11 Å². The molecule has 0 spiro atoms. The van der Waals surface area contributed by atoms with Crippen LogP contribution in [0.15, 0.2) is 54.6 Å². The summed E-state index contributed by atoms with van der Waals surface area (Å²) in [5, 5.41) is 11.7. The molecule has 0 aliphatic heterocycles. The number of hydrogen-bond donors (Lipinski definition) is 2. The molecule has 0 heterocycles. The fraction of sp³-hybridized carbons (Fsp3) is 0.300. The number of amides is 1. The predicted octanol–water partition coefficient (Wildman–Crippen LogP) is 3.17. The molecule has 4 heteroatoms. The second kappa shape index (κ2) is 8.87. The number of carbonyl (C=O) groups excluding carboxylic acids is 1. The molecule has 1 atom stereocenters. The number of carboxylic acid groups (broad SMARTS) is 1. The molecule has 4 nitrogen and oxygen atoms in total. The normalized spacial score (nSPS) is 11.7. The first kappa shape index (κ1) is 17.7. The van der Waals surface area contributed by atoms with Crippen molar-refractivity contribution in [3.05, 3.63) is 71.3 Å². The summed E-state index contributed by atoms with van der Waals surface area (Å²) in [5.74, 6) is -0.918. The van der Waals surface area contributed by atoms with Crippen LogP contribution in [0.25, 0.3) is 0 Å². The Morgan fingerprint density at radius 3 is 2.12 bits per heavy atom. The lowest BCUT2D eigenvalue weighted by Gasteiger charge is -2.12. The minimum absolute atomic E-state index is 0.0271. The number of nitrogens with one attached hydrogen (secondary N) is 1. The topological polar surface area (TPSA) is 66.4 Å². The van der Waals surface area contributed by atoms with Gasteiger partial charge in [-0.25, -0.2) is 0 Å². The molecule has 1 amide bonds. The first-order valence-corrected chi connectivity index (χ1v) is 8.18. The lowest BCUT2D eigenvalue weighted by molar-refractivity contribution is -0.137. The van der Waals surface area contributed by atoms with Gasteiger partial charge in [-0.05, 0) is 36.5 Å². The lowest BCUT2D eigenvalue weighted by atomic mass is 10.0. The molecule has 126 valence electrons. The summed E-state index contributed by atoms with van der Waals surface area (Å²) in [6.45, 7) is 2.49. The molecule has 0 radical (unpaired) electrons. The van der Waals surface area contributed by atoms with E-state index >= 15 is 0 Å². The zero-order valence-electron chi connectivity index (χ0n) is 13.9. The summed E-state index contributed by atoms with van der Waals surface area (Å²) in [7, 11) is 0. The third-order valence-electron chi connectivity index (χ3n) is 4.06. The molecular formula is C20H23NO3. The van der Waals surface area contributed by atoms with Gasteiger partial charge in [0, 0.05) is 13.0 Å². The van der Waals surface area contributed by atoms with E-state index in [-0.39, 0.29) is 18.2 Å². The Kier molecular flexibility index (Phi) is 6.55. The molecule has 0 bridgehead atoms. The van der Waals surface area contributed by atoms with Crippen LogP contribution in [0, 0.1) is 0 Å². The number of benzene rings is 2. The molecule has 0 saturated carbocycles. The number of rotatable bonds is 8. The smallest absolute Gasteiger partial charge is 0.303 e. The lowest BCUT2D eigenvalue weighted by Crippen LogP contribution is -2.29. The molecule has 24 heavy (non-hydrogen) atoms. The summed E-state index contributed by atoms with van der Waals surface area (Å²) in [6.07, 6.45) is 1.44. The highest BCUT2D eigenvalue weighted by molar-refractivity contribution is 5.83. The highest BCUT2D eigenvalue weighted by atomic mass is 16.4. The van der Waals surface area contributed by atoms with Crippen molar-refractivity contribution in [2.24, 2.45) is 0 Å². The third-order valence-corrected chi connectivity index (χ3v) is 4.06. The quantitative estimate of drug-likeness (QED) is 0.783. The Balaban J connectivity index is 1.77. The van der Waals surface area contributed by atoms with Gasteiger partial charge in [0.1, 0.15) is 0 Å². The van der Waals surface area contributed by atoms with E-state index < -0.39 is 5.97 Å². The number of hydrogen-bond acceptors (Lipinski definition) is 2. The fourth-order valence-electron chi connectivity index (χ4n) is 2.50.